The maximum absolute atomic E-state index is 14.0. The summed E-state index contributed by atoms with van der Waals surface area (Å²) in [5, 5.41) is 10.2. The van der Waals surface area contributed by atoms with Crippen LogP contribution in [-0.4, -0.2) is 35.6 Å². The topological polar surface area (TPSA) is 112 Å². The van der Waals surface area contributed by atoms with E-state index in [0.717, 1.165) is 6.07 Å². The molecule has 1 heterocycles. The molecule has 1 aromatic heterocycles. The lowest BCUT2D eigenvalue weighted by Gasteiger charge is -2.10. The summed E-state index contributed by atoms with van der Waals surface area (Å²) in [4.78, 5) is 28.8. The number of rotatable bonds is 6. The number of ketones is 1. The predicted molar refractivity (Wildman–Crippen MR) is 108 cm³/mol. The lowest BCUT2D eigenvalue weighted by atomic mass is 9.99. The highest BCUT2D eigenvalue weighted by atomic mass is 19.1. The van der Waals surface area contributed by atoms with Gasteiger partial charge in [-0.05, 0) is 55.5 Å². The van der Waals surface area contributed by atoms with Crippen molar-refractivity contribution in [2.24, 2.45) is 0 Å². The van der Waals surface area contributed by atoms with E-state index in [1.807, 2.05) is 0 Å². The van der Waals surface area contributed by atoms with Crippen LogP contribution in [0.2, 0.25) is 0 Å². The van der Waals surface area contributed by atoms with Crippen LogP contribution in [-0.2, 0) is 4.74 Å². The number of benzene rings is 2. The van der Waals surface area contributed by atoms with Crippen LogP contribution in [0.15, 0.2) is 48.5 Å². The molecule has 2 aromatic carbocycles. The SMILES string of the molecule is CCOC(=O)c1ccc(-c2cc(C(=O)c3ccc(OC)c(F)c3)ccc2O)nc1N. The molecule has 0 unspecified atom stereocenters. The number of nitrogens with zero attached hydrogens (tertiary/aromatic N) is 1. The molecule has 8 heteroatoms. The number of nitrogens with two attached hydrogens (primary N) is 1. The van der Waals surface area contributed by atoms with E-state index < -0.39 is 17.6 Å². The number of ether oxygens (including phenoxy) is 2. The quantitative estimate of drug-likeness (QED) is 0.472. The Hall–Kier alpha value is -3.94. The molecule has 3 rings (SSSR count). The van der Waals surface area contributed by atoms with Crippen LogP contribution >= 0.6 is 0 Å². The molecule has 30 heavy (non-hydrogen) atoms. The Labute approximate surface area is 171 Å². The summed E-state index contributed by atoms with van der Waals surface area (Å²) in [6, 6.07) is 11.0. The van der Waals surface area contributed by atoms with Crippen LogP contribution in [0, 0.1) is 5.82 Å². The van der Waals surface area contributed by atoms with Gasteiger partial charge in [0.2, 0.25) is 0 Å². The van der Waals surface area contributed by atoms with E-state index >= 15 is 0 Å². The van der Waals surface area contributed by atoms with Crippen LogP contribution in [0.4, 0.5) is 10.2 Å². The molecule has 0 spiro atoms. The van der Waals surface area contributed by atoms with Gasteiger partial charge in [-0.25, -0.2) is 14.2 Å². The number of anilines is 1. The second-order valence-corrected chi connectivity index (χ2v) is 6.26. The first-order chi connectivity index (χ1) is 14.3. The molecule has 0 radical (unpaired) electrons. The summed E-state index contributed by atoms with van der Waals surface area (Å²) >= 11 is 0. The minimum Gasteiger partial charge on any atom is -0.507 e. The highest BCUT2D eigenvalue weighted by Crippen LogP contribution is 2.31. The lowest BCUT2D eigenvalue weighted by Crippen LogP contribution is -2.09. The Morgan fingerprint density at radius 3 is 2.43 bits per heavy atom. The van der Waals surface area contributed by atoms with E-state index in [0.29, 0.717) is 0 Å². The van der Waals surface area contributed by atoms with Gasteiger partial charge < -0.3 is 20.3 Å². The number of halogens is 1. The third kappa shape index (κ3) is 4.07. The number of aromatic hydroxyl groups is 1. The van der Waals surface area contributed by atoms with E-state index in [1.54, 1.807) is 6.92 Å². The molecule has 154 valence electrons. The summed E-state index contributed by atoms with van der Waals surface area (Å²) < 4.78 is 23.7. The number of carbonyl (C=O) groups is 2. The number of carbonyl (C=O) groups excluding carboxylic acids is 2. The molecule has 0 aliphatic carbocycles. The van der Waals surface area contributed by atoms with Gasteiger partial charge in [0.05, 0.1) is 19.4 Å². The third-order valence-electron chi connectivity index (χ3n) is 4.37. The molecule has 0 bridgehead atoms. The first-order valence-electron chi connectivity index (χ1n) is 9.01. The number of phenols is 1. The van der Waals surface area contributed by atoms with Crippen LogP contribution in [0.1, 0.15) is 33.2 Å². The van der Waals surface area contributed by atoms with Crippen molar-refractivity contribution in [2.45, 2.75) is 6.92 Å². The van der Waals surface area contributed by atoms with Crippen LogP contribution in [0.25, 0.3) is 11.3 Å². The standard InChI is InChI=1S/C22H19FN2O5/c1-3-30-22(28)14-6-7-17(25-21(14)24)15-10-12(4-8-18(15)26)20(27)13-5-9-19(29-2)16(23)11-13/h4-11,26H,3H2,1-2H3,(H2,24,25). The van der Waals surface area contributed by atoms with E-state index in [-0.39, 0.29) is 51.9 Å². The zero-order chi connectivity index (χ0) is 21.8. The second-order valence-electron chi connectivity index (χ2n) is 6.26. The molecule has 0 fully saturated rings. The molecular formula is C22H19FN2O5. The maximum atomic E-state index is 14.0. The Kier molecular flexibility index (Phi) is 5.96. The highest BCUT2D eigenvalue weighted by molar-refractivity contribution is 6.09. The molecule has 0 amide bonds. The number of esters is 1. The summed E-state index contributed by atoms with van der Waals surface area (Å²) in [5.41, 5.74) is 6.78. The second kappa shape index (κ2) is 8.60. The van der Waals surface area contributed by atoms with Crippen molar-refractivity contribution in [3.63, 3.8) is 0 Å². The van der Waals surface area contributed by atoms with Crippen molar-refractivity contribution in [2.75, 3.05) is 19.5 Å². The van der Waals surface area contributed by atoms with Gasteiger partial charge in [-0.15, -0.1) is 0 Å². The van der Waals surface area contributed by atoms with Crippen LogP contribution in [0.5, 0.6) is 11.5 Å². The monoisotopic (exact) mass is 410 g/mol. The van der Waals surface area contributed by atoms with Gasteiger partial charge in [-0.2, -0.15) is 0 Å². The number of hydrogen-bond acceptors (Lipinski definition) is 7. The first kappa shape index (κ1) is 20.8. The van der Waals surface area contributed by atoms with Crippen LogP contribution < -0.4 is 10.5 Å². The van der Waals surface area contributed by atoms with E-state index in [9.17, 15) is 19.1 Å². The fraction of sp³-hybridized carbons (Fsp3) is 0.136. The van der Waals surface area contributed by atoms with E-state index in [1.165, 1.54) is 49.6 Å². The van der Waals surface area contributed by atoms with Gasteiger partial charge in [0, 0.05) is 16.7 Å². The fourth-order valence-corrected chi connectivity index (χ4v) is 2.86. The Balaban J connectivity index is 1.98. The number of aromatic nitrogens is 1. The summed E-state index contributed by atoms with van der Waals surface area (Å²) in [6.07, 6.45) is 0. The number of nitrogen functional groups attached to an aromatic ring is 1. The Bertz CT molecular complexity index is 1130. The smallest absolute Gasteiger partial charge is 0.341 e. The largest absolute Gasteiger partial charge is 0.507 e. The van der Waals surface area contributed by atoms with Crippen molar-refractivity contribution in [1.82, 2.24) is 4.98 Å². The van der Waals surface area contributed by atoms with Crippen molar-refractivity contribution in [1.29, 1.82) is 0 Å². The van der Waals surface area contributed by atoms with Crippen molar-refractivity contribution < 1.29 is 28.6 Å². The highest BCUT2D eigenvalue weighted by Gasteiger charge is 2.18. The van der Waals surface area contributed by atoms with Gasteiger partial charge in [-0.1, -0.05) is 0 Å². The Morgan fingerprint density at radius 1 is 1.10 bits per heavy atom. The number of phenolic OH excluding ortho intramolecular Hbond substituents is 1. The van der Waals surface area contributed by atoms with Gasteiger partial charge in [0.1, 0.15) is 17.1 Å². The molecule has 3 aromatic rings. The average molecular weight is 410 g/mol. The van der Waals surface area contributed by atoms with Crippen LogP contribution in [0.3, 0.4) is 0 Å². The van der Waals surface area contributed by atoms with Gasteiger partial charge in [0.15, 0.2) is 17.3 Å². The normalized spacial score (nSPS) is 10.5. The molecule has 0 atom stereocenters. The molecule has 0 saturated carbocycles. The summed E-state index contributed by atoms with van der Waals surface area (Å²) in [7, 11) is 1.33. The van der Waals surface area contributed by atoms with Crippen molar-refractivity contribution >= 4 is 17.6 Å². The zero-order valence-corrected chi connectivity index (χ0v) is 16.3. The van der Waals surface area contributed by atoms with E-state index in [4.69, 9.17) is 15.2 Å². The molecule has 3 N–H and O–H groups in total. The molecule has 0 aliphatic rings. The minimum atomic E-state index is -0.661. The van der Waals surface area contributed by atoms with Crippen molar-refractivity contribution in [3.05, 3.63) is 71.0 Å². The molecule has 0 saturated heterocycles. The molecular weight excluding hydrogens is 391 g/mol. The Morgan fingerprint density at radius 2 is 1.80 bits per heavy atom. The number of hydrogen-bond donors (Lipinski definition) is 2. The predicted octanol–water partition coefficient (Wildman–Crippen LogP) is 3.59. The van der Waals surface area contributed by atoms with Gasteiger partial charge in [-0.3, -0.25) is 4.79 Å². The summed E-state index contributed by atoms with van der Waals surface area (Å²) in [5.74, 6) is -1.90. The average Bonchev–Trinajstić information content (AvgIpc) is 2.73. The van der Waals surface area contributed by atoms with E-state index in [2.05, 4.69) is 4.98 Å². The zero-order valence-electron chi connectivity index (χ0n) is 16.3. The number of pyridine rings is 1. The summed E-state index contributed by atoms with van der Waals surface area (Å²) in [6.45, 7) is 1.86. The third-order valence-corrected chi connectivity index (χ3v) is 4.37. The van der Waals surface area contributed by atoms with Crippen molar-refractivity contribution in [3.8, 4) is 22.8 Å². The molecule has 7 nitrogen and oxygen atoms in total. The molecule has 0 aliphatic heterocycles. The maximum Gasteiger partial charge on any atom is 0.341 e. The number of methoxy groups -OCH3 is 1. The fourth-order valence-electron chi connectivity index (χ4n) is 2.86. The van der Waals surface area contributed by atoms with Gasteiger partial charge in [0.25, 0.3) is 0 Å². The minimum absolute atomic E-state index is 0.0271. The lowest BCUT2D eigenvalue weighted by molar-refractivity contribution is 0.0527. The first-order valence-corrected chi connectivity index (χ1v) is 9.01. The van der Waals surface area contributed by atoms with Gasteiger partial charge >= 0.3 is 5.97 Å².